The number of carbonyl (C=O) groups is 2. The second kappa shape index (κ2) is 11.2. The van der Waals surface area contributed by atoms with Gasteiger partial charge in [0.25, 0.3) is 5.88 Å². The van der Waals surface area contributed by atoms with Crippen LogP contribution in [0.2, 0.25) is 5.02 Å². The van der Waals surface area contributed by atoms with Crippen LogP contribution in [0, 0.1) is 11.6 Å². The lowest BCUT2D eigenvalue weighted by molar-refractivity contribution is -0.123. The predicted octanol–water partition coefficient (Wildman–Crippen LogP) is 3.24. The Morgan fingerprint density at radius 2 is 1.98 bits per heavy atom. The van der Waals surface area contributed by atoms with E-state index in [-0.39, 0.29) is 34.9 Å². The maximum absolute atomic E-state index is 15.0. The summed E-state index contributed by atoms with van der Waals surface area (Å²) in [7, 11) is 2.98. The number of hydrogen-bond donors (Lipinski definition) is 3. The molecule has 0 bridgehead atoms. The Morgan fingerprint density at radius 1 is 1.21 bits per heavy atom. The molecule has 13 nitrogen and oxygen atoms in total. The van der Waals surface area contributed by atoms with E-state index in [1.54, 1.807) is 29.8 Å². The van der Waals surface area contributed by atoms with Gasteiger partial charge in [-0.25, -0.2) is 13.6 Å². The molecular formula is C26H23ClF2N8O5. The molecule has 42 heavy (non-hydrogen) atoms. The van der Waals surface area contributed by atoms with Crippen LogP contribution in [0.5, 0.6) is 5.88 Å². The lowest BCUT2D eigenvalue weighted by Gasteiger charge is -2.13. The summed E-state index contributed by atoms with van der Waals surface area (Å²) in [6, 6.07) is 9.91. The van der Waals surface area contributed by atoms with E-state index < -0.39 is 23.1 Å². The van der Waals surface area contributed by atoms with E-state index in [9.17, 15) is 18.4 Å². The quantitative estimate of drug-likeness (QED) is 0.251. The highest BCUT2D eigenvalue weighted by Crippen LogP contribution is 2.39. The molecule has 0 unspecified atom stereocenters. The minimum absolute atomic E-state index is 0.0147. The van der Waals surface area contributed by atoms with Crippen LogP contribution < -0.4 is 15.8 Å². The van der Waals surface area contributed by atoms with Crippen molar-refractivity contribution in [3.8, 4) is 23.1 Å². The van der Waals surface area contributed by atoms with Crippen LogP contribution in [0.1, 0.15) is 29.0 Å². The molecule has 2 aromatic carbocycles. The molecule has 5 aromatic rings. The van der Waals surface area contributed by atoms with Crippen molar-refractivity contribution in [3.05, 3.63) is 70.4 Å². The number of fused-ring (bicyclic) bond motifs is 1. The summed E-state index contributed by atoms with van der Waals surface area (Å²) in [4.78, 5) is 23.5. The number of nitrogens with two attached hydrogens (primary N) is 1. The zero-order chi connectivity index (χ0) is 30.2. The number of aromatic nitrogens is 6. The Kier molecular flexibility index (Phi) is 7.62. The molecule has 1 aliphatic carbocycles. The molecule has 0 aliphatic heterocycles. The van der Waals surface area contributed by atoms with Gasteiger partial charge in [0.1, 0.15) is 17.3 Å². The van der Waals surface area contributed by atoms with E-state index in [1.807, 2.05) is 0 Å². The van der Waals surface area contributed by atoms with Gasteiger partial charge in [-0.05, 0) is 53.5 Å². The minimum atomic E-state index is -1.16. The average molecular weight is 601 g/mol. The Labute approximate surface area is 240 Å². The molecule has 3 aromatic heterocycles. The summed E-state index contributed by atoms with van der Waals surface area (Å²) in [6.45, 7) is 0.0147. The highest BCUT2D eigenvalue weighted by Gasteiger charge is 2.45. The first-order valence-electron chi connectivity index (χ1n) is 12.3. The number of carbonyl (C=O) groups excluding carboxylic acids is 1. The first-order chi connectivity index (χ1) is 20.0. The van der Waals surface area contributed by atoms with Gasteiger partial charge in [-0.2, -0.15) is 4.80 Å². The number of carboxylic acids is 1. The summed E-state index contributed by atoms with van der Waals surface area (Å²) in [5, 5.41) is 27.0. The monoisotopic (exact) mass is 600 g/mol. The molecule has 4 N–H and O–H groups in total. The van der Waals surface area contributed by atoms with Crippen LogP contribution in [-0.2, 0) is 18.4 Å². The Hall–Kier alpha value is -4.89. The molecule has 1 fully saturated rings. The molecule has 3 heterocycles. The van der Waals surface area contributed by atoms with Crippen LogP contribution in [0.25, 0.3) is 28.1 Å². The van der Waals surface area contributed by atoms with E-state index in [0.29, 0.717) is 40.7 Å². The first-order valence-corrected chi connectivity index (χ1v) is 12.7. The topological polar surface area (TPSA) is 176 Å². The van der Waals surface area contributed by atoms with Crippen molar-refractivity contribution < 1.29 is 32.7 Å². The van der Waals surface area contributed by atoms with Gasteiger partial charge in [0.15, 0.2) is 0 Å². The van der Waals surface area contributed by atoms with E-state index in [4.69, 9.17) is 22.4 Å². The number of hydrogen-bond acceptors (Lipinski definition) is 9. The zero-order valence-corrected chi connectivity index (χ0v) is 22.9. The molecule has 0 saturated heterocycles. The number of amides is 1. The van der Waals surface area contributed by atoms with Crippen LogP contribution >= 0.6 is 11.6 Å². The molecule has 1 aliphatic rings. The number of methoxy groups -OCH3 is 1. The maximum atomic E-state index is 15.0. The fourth-order valence-electron chi connectivity index (χ4n) is 4.06. The molecular weight excluding hydrogens is 578 g/mol. The molecule has 6 rings (SSSR count). The van der Waals surface area contributed by atoms with Crippen molar-refractivity contribution in [3.63, 3.8) is 0 Å². The summed E-state index contributed by atoms with van der Waals surface area (Å²) in [6.07, 6.45) is 1.25. The second-order valence-corrected chi connectivity index (χ2v) is 9.79. The van der Waals surface area contributed by atoms with Crippen LogP contribution in [0.15, 0.2) is 47.0 Å². The molecule has 218 valence electrons. The van der Waals surface area contributed by atoms with Crippen molar-refractivity contribution in [2.45, 2.75) is 24.9 Å². The van der Waals surface area contributed by atoms with Gasteiger partial charge in [0.05, 0.1) is 36.3 Å². The summed E-state index contributed by atoms with van der Waals surface area (Å²) in [5.74, 6) is -2.28. The maximum Gasteiger partial charge on any atom is 0.374 e. The van der Waals surface area contributed by atoms with Gasteiger partial charge in [0.2, 0.25) is 17.5 Å². The number of aromatic carboxylic acids is 1. The standard InChI is InChI=1S/C21H18ClF2N7O.C5H5NO4/c1-30-28-19(27-29-30)18-17(22)14-8-12(23)3-5-16(14)31(18)13-4-2-11(15(24)9-13)10-26-20(32)21(25)6-7-21;1-9-4-2-3(5(7)8)10-6-4/h2-5,8-9H,6-7,10,25H2,1H3,(H,26,32);2H,1H3,(H,7,8). The number of ether oxygens (including phenoxy) is 1. The van der Waals surface area contributed by atoms with Crippen molar-refractivity contribution in [2.24, 2.45) is 12.8 Å². The largest absolute Gasteiger partial charge is 0.479 e. The zero-order valence-electron chi connectivity index (χ0n) is 22.1. The number of benzene rings is 2. The van der Waals surface area contributed by atoms with Gasteiger partial charge in [-0.1, -0.05) is 17.7 Å². The summed E-state index contributed by atoms with van der Waals surface area (Å²) in [5.41, 5.74) is 6.69. The molecule has 0 radical (unpaired) electrons. The normalized spacial score (nSPS) is 13.4. The summed E-state index contributed by atoms with van der Waals surface area (Å²) < 4.78 is 39.4. The summed E-state index contributed by atoms with van der Waals surface area (Å²) >= 11 is 6.57. The number of aryl methyl sites for hydroxylation is 1. The third-order valence-corrected chi connectivity index (χ3v) is 6.85. The van der Waals surface area contributed by atoms with Crippen molar-refractivity contribution >= 4 is 34.4 Å². The van der Waals surface area contributed by atoms with Crippen molar-refractivity contribution in [1.82, 2.24) is 35.2 Å². The first kappa shape index (κ1) is 28.6. The van der Waals surface area contributed by atoms with E-state index in [1.165, 1.54) is 36.2 Å². The number of rotatable bonds is 7. The number of tetrazole rings is 1. The van der Waals surface area contributed by atoms with Crippen molar-refractivity contribution in [1.29, 1.82) is 0 Å². The lowest BCUT2D eigenvalue weighted by Crippen LogP contribution is -2.42. The number of nitrogens with one attached hydrogen (secondary N) is 1. The van der Waals surface area contributed by atoms with Gasteiger partial charge in [-0.15, -0.1) is 10.2 Å². The van der Waals surface area contributed by atoms with E-state index in [0.717, 1.165) is 0 Å². The molecule has 16 heteroatoms. The van der Waals surface area contributed by atoms with Crippen molar-refractivity contribution in [2.75, 3.05) is 7.11 Å². The molecule has 0 atom stereocenters. The van der Waals surface area contributed by atoms with E-state index in [2.05, 4.69) is 35.1 Å². The van der Waals surface area contributed by atoms with Crippen LogP contribution in [0.4, 0.5) is 8.78 Å². The Balaban J connectivity index is 0.000000300. The molecule has 0 spiro atoms. The van der Waals surface area contributed by atoms with Gasteiger partial charge in [0, 0.05) is 23.2 Å². The number of nitrogens with zero attached hydrogens (tertiary/aromatic N) is 6. The highest BCUT2D eigenvalue weighted by molar-refractivity contribution is 6.38. The highest BCUT2D eigenvalue weighted by atomic mass is 35.5. The molecule has 1 amide bonds. The lowest BCUT2D eigenvalue weighted by atomic mass is 10.1. The van der Waals surface area contributed by atoms with Crippen LogP contribution in [0.3, 0.4) is 0 Å². The fraction of sp³-hybridized carbons (Fsp3) is 0.231. The van der Waals surface area contributed by atoms with E-state index >= 15 is 0 Å². The van der Waals surface area contributed by atoms with Gasteiger partial charge < -0.3 is 30.0 Å². The third-order valence-electron chi connectivity index (χ3n) is 6.47. The SMILES string of the molecule is COc1cc(C(=O)O)on1.Cn1nnc(-c2c(Cl)c3cc(F)ccc3n2-c2ccc(CNC(=O)C3(N)CC3)c(F)c2)n1. The molecule has 1 saturated carbocycles. The van der Waals surface area contributed by atoms with Crippen LogP contribution in [-0.4, -0.2) is 59.6 Å². The van der Waals surface area contributed by atoms with Gasteiger partial charge >= 0.3 is 5.97 Å². The predicted molar refractivity (Wildman–Crippen MR) is 144 cm³/mol. The number of halogens is 3. The average Bonchev–Trinajstić information content (AvgIpc) is 3.29. The Bertz CT molecular complexity index is 1810. The number of carboxylic acid groups (broad SMARTS) is 1. The smallest absolute Gasteiger partial charge is 0.374 e. The Morgan fingerprint density at radius 3 is 2.55 bits per heavy atom. The van der Waals surface area contributed by atoms with Gasteiger partial charge in [-0.3, -0.25) is 4.79 Å². The minimum Gasteiger partial charge on any atom is -0.479 e. The fourth-order valence-corrected chi connectivity index (χ4v) is 4.38. The second-order valence-electron chi connectivity index (χ2n) is 9.42. The third kappa shape index (κ3) is 5.64.